The van der Waals surface area contributed by atoms with Crippen LogP contribution in [0, 0.1) is 5.92 Å². The van der Waals surface area contributed by atoms with Gasteiger partial charge in [0.1, 0.15) is 0 Å². The van der Waals surface area contributed by atoms with Gasteiger partial charge in [0, 0.05) is 19.1 Å². The second-order valence-electron chi connectivity index (χ2n) is 5.74. The molecule has 0 aromatic heterocycles. The van der Waals surface area contributed by atoms with Crippen LogP contribution in [0.2, 0.25) is 0 Å². The van der Waals surface area contributed by atoms with Gasteiger partial charge in [-0.25, -0.2) is 0 Å². The van der Waals surface area contributed by atoms with E-state index in [1.165, 1.54) is 36.9 Å². The second kappa shape index (κ2) is 7.06. The molecule has 0 saturated heterocycles. The van der Waals surface area contributed by atoms with Gasteiger partial charge in [-0.15, -0.1) is 0 Å². The fourth-order valence-corrected chi connectivity index (χ4v) is 2.95. The van der Waals surface area contributed by atoms with Crippen LogP contribution in [0.5, 0.6) is 0 Å². The van der Waals surface area contributed by atoms with Crippen molar-refractivity contribution in [1.82, 2.24) is 4.90 Å². The Labute approximate surface area is 118 Å². The Morgan fingerprint density at radius 1 is 1.26 bits per heavy atom. The number of hydrogen-bond donors (Lipinski definition) is 1. The van der Waals surface area contributed by atoms with Crippen molar-refractivity contribution in [2.75, 3.05) is 19.6 Å². The van der Waals surface area contributed by atoms with Crippen molar-refractivity contribution in [1.29, 1.82) is 0 Å². The maximum atomic E-state index is 6.11. The first kappa shape index (κ1) is 14.5. The lowest BCUT2D eigenvalue weighted by Gasteiger charge is -2.32. The van der Waals surface area contributed by atoms with Crippen molar-refractivity contribution in [3.63, 3.8) is 0 Å². The summed E-state index contributed by atoms with van der Waals surface area (Å²) in [6, 6.07) is 9.21. The number of benzene rings is 1. The van der Waals surface area contributed by atoms with E-state index in [4.69, 9.17) is 5.73 Å². The quantitative estimate of drug-likeness (QED) is 0.776. The molecular formula is C17H28N2. The minimum absolute atomic E-state index is 0.400. The van der Waals surface area contributed by atoms with Crippen LogP contribution in [-0.2, 0) is 6.42 Å². The van der Waals surface area contributed by atoms with Crippen LogP contribution < -0.4 is 5.73 Å². The summed E-state index contributed by atoms with van der Waals surface area (Å²) in [6.45, 7) is 7.62. The molecule has 1 saturated carbocycles. The number of rotatable bonds is 8. The molecule has 0 radical (unpaired) electrons. The van der Waals surface area contributed by atoms with Crippen LogP contribution in [0.25, 0.3) is 0 Å². The lowest BCUT2D eigenvalue weighted by Crippen LogP contribution is -2.36. The third-order valence-corrected chi connectivity index (χ3v) is 4.16. The van der Waals surface area contributed by atoms with Crippen LogP contribution >= 0.6 is 0 Å². The van der Waals surface area contributed by atoms with E-state index in [0.717, 1.165) is 25.4 Å². The fraction of sp³-hybridized carbons (Fsp3) is 0.647. The van der Waals surface area contributed by atoms with E-state index >= 15 is 0 Å². The Bertz CT molecular complexity index is 385. The highest BCUT2D eigenvalue weighted by Gasteiger charge is 2.28. The van der Waals surface area contributed by atoms with Crippen molar-refractivity contribution in [3.8, 4) is 0 Å². The molecule has 1 aliphatic carbocycles. The van der Waals surface area contributed by atoms with E-state index in [1.807, 2.05) is 0 Å². The van der Waals surface area contributed by atoms with Gasteiger partial charge in [0.2, 0.25) is 0 Å². The summed E-state index contributed by atoms with van der Waals surface area (Å²) in [7, 11) is 0. The molecule has 0 heterocycles. The lowest BCUT2D eigenvalue weighted by atomic mass is 9.97. The van der Waals surface area contributed by atoms with Gasteiger partial charge < -0.3 is 5.73 Å². The summed E-state index contributed by atoms with van der Waals surface area (Å²) in [4.78, 5) is 2.62. The standard InChI is InChI=1S/C17H28N2/c1-3-11-19(13-14-9-10-14)17(12-18)16-8-6-5-7-15(16)4-2/h5-8,14,17H,3-4,9-13,18H2,1-2H3. The predicted molar refractivity (Wildman–Crippen MR) is 82.2 cm³/mol. The van der Waals surface area contributed by atoms with E-state index in [-0.39, 0.29) is 0 Å². The van der Waals surface area contributed by atoms with Crippen LogP contribution in [0.3, 0.4) is 0 Å². The zero-order valence-corrected chi connectivity index (χ0v) is 12.4. The zero-order valence-electron chi connectivity index (χ0n) is 12.4. The Morgan fingerprint density at radius 3 is 2.58 bits per heavy atom. The summed E-state index contributed by atoms with van der Waals surface area (Å²) in [5, 5.41) is 0. The minimum atomic E-state index is 0.400. The number of aryl methyl sites for hydroxylation is 1. The first-order valence-electron chi connectivity index (χ1n) is 7.82. The molecule has 2 nitrogen and oxygen atoms in total. The molecule has 2 rings (SSSR count). The van der Waals surface area contributed by atoms with Gasteiger partial charge in [0.25, 0.3) is 0 Å². The molecule has 2 N–H and O–H groups in total. The van der Waals surface area contributed by atoms with Gasteiger partial charge in [-0.05, 0) is 49.3 Å². The second-order valence-corrected chi connectivity index (χ2v) is 5.74. The molecule has 1 atom stereocenters. The van der Waals surface area contributed by atoms with Crippen LogP contribution in [0.1, 0.15) is 50.3 Å². The summed E-state index contributed by atoms with van der Waals surface area (Å²) in [5.41, 5.74) is 9.01. The Kier molecular flexibility index (Phi) is 5.41. The first-order chi connectivity index (χ1) is 9.30. The molecule has 19 heavy (non-hydrogen) atoms. The molecule has 0 spiro atoms. The Balaban J connectivity index is 2.19. The Hall–Kier alpha value is -0.860. The van der Waals surface area contributed by atoms with Gasteiger partial charge in [0.15, 0.2) is 0 Å². The molecule has 0 aliphatic heterocycles. The molecule has 106 valence electrons. The maximum Gasteiger partial charge on any atom is 0.0473 e. The average Bonchev–Trinajstić information content (AvgIpc) is 3.24. The summed E-state index contributed by atoms with van der Waals surface area (Å²) in [5.74, 6) is 0.925. The molecular weight excluding hydrogens is 232 g/mol. The molecule has 0 amide bonds. The summed E-state index contributed by atoms with van der Waals surface area (Å²) < 4.78 is 0. The van der Waals surface area contributed by atoms with Gasteiger partial charge in [-0.1, -0.05) is 38.1 Å². The number of nitrogens with zero attached hydrogens (tertiary/aromatic N) is 1. The van der Waals surface area contributed by atoms with Crippen molar-refractivity contribution in [2.45, 2.75) is 45.6 Å². The van der Waals surface area contributed by atoms with Gasteiger partial charge >= 0.3 is 0 Å². The van der Waals surface area contributed by atoms with Gasteiger partial charge in [-0.3, -0.25) is 4.90 Å². The van der Waals surface area contributed by atoms with E-state index in [1.54, 1.807) is 0 Å². The third kappa shape index (κ3) is 3.80. The zero-order chi connectivity index (χ0) is 13.7. The first-order valence-corrected chi connectivity index (χ1v) is 7.82. The fourth-order valence-electron chi connectivity index (χ4n) is 2.95. The third-order valence-electron chi connectivity index (χ3n) is 4.16. The van der Waals surface area contributed by atoms with Gasteiger partial charge in [-0.2, -0.15) is 0 Å². The lowest BCUT2D eigenvalue weighted by molar-refractivity contribution is 0.192. The molecule has 1 aliphatic rings. The average molecular weight is 260 g/mol. The molecule has 1 fully saturated rings. The van der Waals surface area contributed by atoms with E-state index in [2.05, 4.69) is 43.0 Å². The molecule has 0 bridgehead atoms. The topological polar surface area (TPSA) is 29.3 Å². The monoisotopic (exact) mass is 260 g/mol. The summed E-state index contributed by atoms with van der Waals surface area (Å²) >= 11 is 0. The highest BCUT2D eigenvalue weighted by molar-refractivity contribution is 5.30. The SMILES string of the molecule is CCCN(CC1CC1)C(CN)c1ccccc1CC. The van der Waals surface area contributed by atoms with Crippen molar-refractivity contribution < 1.29 is 0 Å². The molecule has 2 heteroatoms. The van der Waals surface area contributed by atoms with Crippen LogP contribution in [0.4, 0.5) is 0 Å². The number of nitrogens with two attached hydrogens (primary N) is 1. The van der Waals surface area contributed by atoms with Gasteiger partial charge in [0.05, 0.1) is 0 Å². The van der Waals surface area contributed by atoms with Crippen LogP contribution in [0.15, 0.2) is 24.3 Å². The largest absolute Gasteiger partial charge is 0.329 e. The number of hydrogen-bond acceptors (Lipinski definition) is 2. The highest BCUT2D eigenvalue weighted by Crippen LogP contribution is 2.33. The molecule has 1 unspecified atom stereocenters. The van der Waals surface area contributed by atoms with E-state index in [0.29, 0.717) is 6.04 Å². The van der Waals surface area contributed by atoms with E-state index < -0.39 is 0 Å². The van der Waals surface area contributed by atoms with Crippen molar-refractivity contribution in [3.05, 3.63) is 35.4 Å². The van der Waals surface area contributed by atoms with E-state index in [9.17, 15) is 0 Å². The van der Waals surface area contributed by atoms with Crippen molar-refractivity contribution >= 4 is 0 Å². The smallest absolute Gasteiger partial charge is 0.0473 e. The predicted octanol–water partition coefficient (Wildman–Crippen LogP) is 3.37. The molecule has 1 aromatic rings. The van der Waals surface area contributed by atoms with Crippen LogP contribution in [-0.4, -0.2) is 24.5 Å². The maximum absolute atomic E-state index is 6.11. The molecule has 1 aromatic carbocycles. The van der Waals surface area contributed by atoms with Crippen molar-refractivity contribution in [2.24, 2.45) is 11.7 Å². The Morgan fingerprint density at radius 2 is 2.00 bits per heavy atom. The normalized spacial score (nSPS) is 16.8. The minimum Gasteiger partial charge on any atom is -0.329 e. The summed E-state index contributed by atoms with van der Waals surface area (Å²) in [6.07, 6.45) is 5.12. The highest BCUT2D eigenvalue weighted by atomic mass is 15.2.